The summed E-state index contributed by atoms with van der Waals surface area (Å²) in [4.78, 5) is 15.7. The zero-order valence-electron chi connectivity index (χ0n) is 12.6. The summed E-state index contributed by atoms with van der Waals surface area (Å²) in [5.41, 5.74) is 0.667. The molecule has 1 heterocycles. The second-order valence-corrected chi connectivity index (χ2v) is 5.01. The summed E-state index contributed by atoms with van der Waals surface area (Å²) in [7, 11) is 0. The highest BCUT2D eigenvalue weighted by Crippen LogP contribution is 2.15. The van der Waals surface area contributed by atoms with Gasteiger partial charge in [0.15, 0.2) is 0 Å². The molecule has 2 rings (SSSR count). The van der Waals surface area contributed by atoms with Crippen LogP contribution < -0.4 is 15.4 Å². The molecule has 0 saturated carbocycles. The number of hydrogen-bond donors (Lipinski definition) is 2. The Kier molecular flexibility index (Phi) is 5.90. The molecule has 0 bridgehead atoms. The molecule has 0 aliphatic rings. The van der Waals surface area contributed by atoms with E-state index in [4.69, 9.17) is 0 Å². The zero-order chi connectivity index (χ0) is 16.7. The molecule has 0 fully saturated rings. The van der Waals surface area contributed by atoms with E-state index in [0.29, 0.717) is 12.1 Å². The number of rotatable bonds is 7. The number of benzene rings is 1. The Bertz CT molecular complexity index is 620. The predicted molar refractivity (Wildman–Crippen MR) is 80.1 cm³/mol. The first-order chi connectivity index (χ1) is 11.0. The first-order valence-corrected chi connectivity index (χ1v) is 7.07. The van der Waals surface area contributed by atoms with Crippen LogP contribution in [0.15, 0.2) is 43.0 Å². The lowest BCUT2D eigenvalue weighted by atomic mass is 10.2. The van der Waals surface area contributed by atoms with E-state index in [0.717, 1.165) is 0 Å². The quantitative estimate of drug-likeness (QED) is 0.821. The minimum absolute atomic E-state index is 0.0631. The van der Waals surface area contributed by atoms with Crippen LogP contribution >= 0.6 is 0 Å². The topological polar surface area (TPSA) is 68.2 Å². The third-order valence-corrected chi connectivity index (χ3v) is 3.00. The van der Waals surface area contributed by atoms with Crippen molar-refractivity contribution in [1.29, 1.82) is 0 Å². The summed E-state index contributed by atoms with van der Waals surface area (Å²) in [6.07, 6.45) is 5.15. The number of alkyl halides is 2. The number of hydrogen-bond acceptors (Lipinski definition) is 3. The van der Waals surface area contributed by atoms with Crippen molar-refractivity contribution in [3.05, 3.63) is 48.5 Å². The molecule has 1 aromatic heterocycles. The monoisotopic (exact) mass is 324 g/mol. The van der Waals surface area contributed by atoms with E-state index in [9.17, 15) is 13.6 Å². The number of carbonyl (C=O) groups is 1. The zero-order valence-corrected chi connectivity index (χ0v) is 12.6. The SMILES string of the molecule is C[C@H](Cn1ccnc1)NC(=O)NCc1cccc(OC(F)F)c1. The third-order valence-electron chi connectivity index (χ3n) is 3.00. The van der Waals surface area contributed by atoms with Gasteiger partial charge in [0.1, 0.15) is 5.75 Å². The largest absolute Gasteiger partial charge is 0.435 e. The van der Waals surface area contributed by atoms with E-state index < -0.39 is 6.61 Å². The Hall–Kier alpha value is -2.64. The molecule has 1 atom stereocenters. The maximum absolute atomic E-state index is 12.2. The number of urea groups is 1. The third kappa shape index (κ3) is 5.93. The van der Waals surface area contributed by atoms with E-state index >= 15 is 0 Å². The van der Waals surface area contributed by atoms with E-state index in [1.807, 2.05) is 17.7 Å². The van der Waals surface area contributed by atoms with E-state index in [-0.39, 0.29) is 24.4 Å². The molecule has 0 radical (unpaired) electrons. The van der Waals surface area contributed by atoms with Crippen molar-refractivity contribution in [1.82, 2.24) is 20.2 Å². The second kappa shape index (κ2) is 8.11. The highest BCUT2D eigenvalue weighted by molar-refractivity contribution is 5.74. The fourth-order valence-corrected chi connectivity index (χ4v) is 2.05. The number of carbonyl (C=O) groups excluding carboxylic acids is 1. The van der Waals surface area contributed by atoms with Crippen molar-refractivity contribution in [2.45, 2.75) is 32.7 Å². The fraction of sp³-hybridized carbons (Fsp3) is 0.333. The number of imidazole rings is 1. The number of ether oxygens (including phenoxy) is 1. The lowest BCUT2D eigenvalue weighted by Gasteiger charge is -2.15. The molecule has 2 amide bonds. The molecule has 6 nitrogen and oxygen atoms in total. The van der Waals surface area contributed by atoms with Gasteiger partial charge in [0.05, 0.1) is 6.33 Å². The van der Waals surface area contributed by atoms with E-state index in [2.05, 4.69) is 20.4 Å². The number of amides is 2. The fourth-order valence-electron chi connectivity index (χ4n) is 2.05. The molecular weight excluding hydrogens is 306 g/mol. The van der Waals surface area contributed by atoms with Crippen molar-refractivity contribution < 1.29 is 18.3 Å². The molecule has 0 aliphatic carbocycles. The highest BCUT2D eigenvalue weighted by Gasteiger charge is 2.08. The van der Waals surface area contributed by atoms with Gasteiger partial charge in [-0.1, -0.05) is 12.1 Å². The summed E-state index contributed by atoms with van der Waals surface area (Å²) in [5, 5.41) is 5.46. The average Bonchev–Trinajstić information content (AvgIpc) is 2.97. The minimum atomic E-state index is -2.87. The van der Waals surface area contributed by atoms with Crippen molar-refractivity contribution in [3.63, 3.8) is 0 Å². The van der Waals surface area contributed by atoms with Crippen LogP contribution in [-0.4, -0.2) is 28.2 Å². The summed E-state index contributed by atoms with van der Waals surface area (Å²) in [6.45, 7) is -0.183. The Balaban J connectivity index is 1.77. The predicted octanol–water partition coefficient (Wildman–Crippen LogP) is 2.37. The van der Waals surface area contributed by atoms with Gasteiger partial charge in [-0.15, -0.1) is 0 Å². The molecule has 124 valence electrons. The molecule has 0 spiro atoms. The normalized spacial score (nSPS) is 12.0. The van der Waals surface area contributed by atoms with Gasteiger partial charge in [-0.25, -0.2) is 9.78 Å². The summed E-state index contributed by atoms with van der Waals surface area (Å²) in [6, 6.07) is 5.78. The second-order valence-electron chi connectivity index (χ2n) is 5.01. The van der Waals surface area contributed by atoms with E-state index in [1.54, 1.807) is 24.7 Å². The molecule has 0 unspecified atom stereocenters. The highest BCUT2D eigenvalue weighted by atomic mass is 19.3. The van der Waals surface area contributed by atoms with Crippen molar-refractivity contribution in [2.24, 2.45) is 0 Å². The molecular formula is C15H18F2N4O2. The van der Waals surface area contributed by atoms with Crippen LogP contribution in [0.25, 0.3) is 0 Å². The summed E-state index contributed by atoms with van der Waals surface area (Å²) < 4.78 is 30.5. The number of halogens is 2. The van der Waals surface area contributed by atoms with Crippen LogP contribution in [0.2, 0.25) is 0 Å². The lowest BCUT2D eigenvalue weighted by Crippen LogP contribution is -2.42. The Morgan fingerprint density at radius 2 is 2.26 bits per heavy atom. The van der Waals surface area contributed by atoms with Gasteiger partial charge in [-0.2, -0.15) is 8.78 Å². The van der Waals surface area contributed by atoms with Crippen molar-refractivity contribution in [3.8, 4) is 5.75 Å². The van der Waals surface area contributed by atoms with Gasteiger partial charge in [-0.05, 0) is 24.6 Å². The molecule has 2 N–H and O–H groups in total. The van der Waals surface area contributed by atoms with E-state index in [1.165, 1.54) is 12.1 Å². The van der Waals surface area contributed by atoms with Gasteiger partial charge in [-0.3, -0.25) is 0 Å². The maximum atomic E-state index is 12.2. The smallest absolute Gasteiger partial charge is 0.387 e. The molecule has 23 heavy (non-hydrogen) atoms. The minimum Gasteiger partial charge on any atom is -0.435 e. The molecule has 2 aromatic rings. The van der Waals surface area contributed by atoms with Crippen LogP contribution in [0, 0.1) is 0 Å². The van der Waals surface area contributed by atoms with Crippen LogP contribution in [0.5, 0.6) is 5.75 Å². The standard InChI is InChI=1S/C15H18F2N4O2/c1-11(9-21-6-5-18-10-21)20-15(22)19-8-12-3-2-4-13(7-12)23-14(16)17/h2-7,10-11,14H,8-9H2,1H3,(H2,19,20,22)/t11-/m1/s1. The Morgan fingerprint density at radius 1 is 1.43 bits per heavy atom. The number of nitrogens with one attached hydrogen (secondary N) is 2. The first kappa shape index (κ1) is 16.7. The van der Waals surface area contributed by atoms with Crippen LogP contribution in [-0.2, 0) is 13.1 Å². The summed E-state index contributed by atoms with van der Waals surface area (Å²) >= 11 is 0. The average molecular weight is 324 g/mol. The van der Waals surface area contributed by atoms with Crippen molar-refractivity contribution in [2.75, 3.05) is 0 Å². The van der Waals surface area contributed by atoms with Gasteiger partial charge in [0, 0.05) is 31.5 Å². The van der Waals surface area contributed by atoms with Gasteiger partial charge in [0.25, 0.3) is 0 Å². The summed E-state index contributed by atoms with van der Waals surface area (Å²) in [5.74, 6) is 0.0631. The molecule has 0 saturated heterocycles. The maximum Gasteiger partial charge on any atom is 0.387 e. The van der Waals surface area contributed by atoms with Crippen LogP contribution in [0.3, 0.4) is 0 Å². The van der Waals surface area contributed by atoms with Crippen LogP contribution in [0.4, 0.5) is 13.6 Å². The molecule has 8 heteroatoms. The molecule has 1 aromatic carbocycles. The first-order valence-electron chi connectivity index (χ1n) is 7.07. The van der Waals surface area contributed by atoms with Gasteiger partial charge >= 0.3 is 12.6 Å². The number of aromatic nitrogens is 2. The van der Waals surface area contributed by atoms with Crippen LogP contribution in [0.1, 0.15) is 12.5 Å². The van der Waals surface area contributed by atoms with Gasteiger partial charge in [0.2, 0.25) is 0 Å². The Morgan fingerprint density at radius 3 is 2.96 bits per heavy atom. The lowest BCUT2D eigenvalue weighted by molar-refractivity contribution is -0.0498. The van der Waals surface area contributed by atoms with Crippen molar-refractivity contribution >= 4 is 6.03 Å². The number of nitrogens with zero attached hydrogens (tertiary/aromatic N) is 2. The van der Waals surface area contributed by atoms with Gasteiger partial charge < -0.3 is 19.9 Å². The Labute approximate surface area is 132 Å². The molecule has 0 aliphatic heterocycles.